The van der Waals surface area contributed by atoms with E-state index >= 15 is 0 Å². The molecule has 9 heteroatoms. The molecule has 2 aromatic rings. The molecule has 1 saturated heterocycles. The number of methoxy groups -OCH3 is 1. The van der Waals surface area contributed by atoms with Crippen LogP contribution in [0.1, 0.15) is 59.2 Å². The lowest BCUT2D eigenvalue weighted by atomic mass is 9.94. The Balaban J connectivity index is 1.18. The SMILES string of the molecule is COC(=O)c1cnn(-c2ccc(C(=O)NCCCN3CCN(C4CCCCC4)CC3)cc2)c1N. The summed E-state index contributed by atoms with van der Waals surface area (Å²) >= 11 is 0. The van der Waals surface area contributed by atoms with Gasteiger partial charge in [-0.2, -0.15) is 5.10 Å². The van der Waals surface area contributed by atoms with Gasteiger partial charge in [-0.3, -0.25) is 9.69 Å². The van der Waals surface area contributed by atoms with Crippen molar-refractivity contribution in [3.8, 4) is 5.69 Å². The van der Waals surface area contributed by atoms with Crippen LogP contribution in [0.3, 0.4) is 0 Å². The average Bonchev–Trinajstić information content (AvgIpc) is 3.28. The number of rotatable bonds is 8. The van der Waals surface area contributed by atoms with E-state index in [9.17, 15) is 9.59 Å². The average molecular weight is 469 g/mol. The second-order valence-corrected chi connectivity index (χ2v) is 9.17. The molecule has 0 atom stereocenters. The van der Waals surface area contributed by atoms with Gasteiger partial charge in [-0.05, 0) is 50.1 Å². The van der Waals surface area contributed by atoms with Crippen molar-refractivity contribution in [2.75, 3.05) is 52.1 Å². The maximum atomic E-state index is 12.5. The third-order valence-corrected chi connectivity index (χ3v) is 7.02. The molecule has 1 aliphatic carbocycles. The van der Waals surface area contributed by atoms with Crippen molar-refractivity contribution in [2.45, 2.75) is 44.6 Å². The Labute approximate surface area is 201 Å². The highest BCUT2D eigenvalue weighted by atomic mass is 16.5. The number of aromatic nitrogens is 2. The monoisotopic (exact) mass is 468 g/mol. The first-order valence-electron chi connectivity index (χ1n) is 12.3. The highest BCUT2D eigenvalue weighted by Crippen LogP contribution is 2.23. The number of nitrogens with one attached hydrogen (secondary N) is 1. The predicted octanol–water partition coefficient (Wildman–Crippen LogP) is 2.31. The molecule has 184 valence electrons. The van der Waals surface area contributed by atoms with Gasteiger partial charge in [0.25, 0.3) is 5.91 Å². The van der Waals surface area contributed by atoms with Crippen LogP contribution < -0.4 is 11.1 Å². The van der Waals surface area contributed by atoms with E-state index in [1.807, 2.05) is 0 Å². The number of hydrogen-bond donors (Lipinski definition) is 2. The van der Waals surface area contributed by atoms with Gasteiger partial charge in [0.2, 0.25) is 0 Å². The van der Waals surface area contributed by atoms with Crippen molar-refractivity contribution >= 4 is 17.7 Å². The first-order valence-corrected chi connectivity index (χ1v) is 12.3. The second-order valence-electron chi connectivity index (χ2n) is 9.17. The number of nitrogens with zero attached hydrogens (tertiary/aromatic N) is 4. The van der Waals surface area contributed by atoms with E-state index in [-0.39, 0.29) is 17.3 Å². The topological polar surface area (TPSA) is 106 Å². The highest BCUT2D eigenvalue weighted by molar-refractivity contribution is 5.95. The van der Waals surface area contributed by atoms with Crippen molar-refractivity contribution in [1.29, 1.82) is 0 Å². The van der Waals surface area contributed by atoms with Gasteiger partial charge in [-0.25, -0.2) is 9.48 Å². The number of anilines is 1. The fraction of sp³-hybridized carbons (Fsp3) is 0.560. The molecule has 9 nitrogen and oxygen atoms in total. The molecule has 2 heterocycles. The zero-order valence-electron chi connectivity index (χ0n) is 20.0. The number of esters is 1. The lowest BCUT2D eigenvalue weighted by molar-refractivity contribution is 0.0601. The number of carbonyl (C=O) groups is 2. The summed E-state index contributed by atoms with van der Waals surface area (Å²) in [7, 11) is 1.30. The van der Waals surface area contributed by atoms with E-state index in [2.05, 4.69) is 20.2 Å². The molecular formula is C25H36N6O3. The van der Waals surface area contributed by atoms with Crippen LogP contribution in [0.2, 0.25) is 0 Å². The van der Waals surface area contributed by atoms with Crippen LogP contribution in [0.15, 0.2) is 30.5 Å². The van der Waals surface area contributed by atoms with Crippen LogP contribution in [0.5, 0.6) is 0 Å². The standard InChI is InChI=1S/C25H36N6O3/c1-34-25(33)22-18-28-31(23(22)26)21-10-8-19(9-11-21)24(32)27-12-5-13-29-14-16-30(17-15-29)20-6-3-2-4-7-20/h8-11,18,20H,2-7,12-17,26H2,1H3,(H,27,32). The third kappa shape index (κ3) is 5.77. The molecule has 0 radical (unpaired) electrons. The van der Waals surface area contributed by atoms with E-state index in [0.29, 0.717) is 17.8 Å². The molecule has 1 saturated carbocycles. The van der Waals surface area contributed by atoms with E-state index in [4.69, 9.17) is 10.5 Å². The Morgan fingerprint density at radius 1 is 1.09 bits per heavy atom. The molecular weight excluding hydrogens is 432 g/mol. The fourth-order valence-corrected chi connectivity index (χ4v) is 4.99. The van der Waals surface area contributed by atoms with Gasteiger partial charge in [-0.1, -0.05) is 19.3 Å². The zero-order valence-corrected chi connectivity index (χ0v) is 20.0. The fourth-order valence-electron chi connectivity index (χ4n) is 4.99. The van der Waals surface area contributed by atoms with Gasteiger partial charge in [-0.15, -0.1) is 0 Å². The van der Waals surface area contributed by atoms with Crippen molar-refractivity contribution in [3.05, 3.63) is 41.6 Å². The van der Waals surface area contributed by atoms with Gasteiger partial charge in [0, 0.05) is 44.3 Å². The molecule has 2 fully saturated rings. The molecule has 34 heavy (non-hydrogen) atoms. The summed E-state index contributed by atoms with van der Waals surface area (Å²) in [5.41, 5.74) is 7.46. The van der Waals surface area contributed by atoms with Crippen LogP contribution in [-0.2, 0) is 4.74 Å². The normalized spacial score (nSPS) is 18.0. The molecule has 0 bridgehead atoms. The number of amides is 1. The summed E-state index contributed by atoms with van der Waals surface area (Å²) in [6, 6.07) is 7.78. The minimum atomic E-state index is -0.536. The van der Waals surface area contributed by atoms with Gasteiger partial charge in [0.15, 0.2) is 0 Å². The summed E-state index contributed by atoms with van der Waals surface area (Å²) < 4.78 is 6.15. The van der Waals surface area contributed by atoms with Crippen molar-refractivity contribution < 1.29 is 14.3 Å². The molecule has 1 aromatic heterocycles. The van der Waals surface area contributed by atoms with E-state index in [1.54, 1.807) is 24.3 Å². The second kappa shape index (κ2) is 11.5. The predicted molar refractivity (Wildman–Crippen MR) is 131 cm³/mol. The van der Waals surface area contributed by atoms with Crippen LogP contribution in [0, 0.1) is 0 Å². The van der Waals surface area contributed by atoms with Crippen molar-refractivity contribution in [1.82, 2.24) is 24.9 Å². The lowest BCUT2D eigenvalue weighted by Gasteiger charge is -2.40. The minimum Gasteiger partial charge on any atom is -0.465 e. The van der Waals surface area contributed by atoms with Crippen LogP contribution in [0.25, 0.3) is 5.69 Å². The molecule has 1 aromatic carbocycles. The van der Waals surface area contributed by atoms with Gasteiger partial charge in [0.05, 0.1) is 19.0 Å². The van der Waals surface area contributed by atoms with Gasteiger partial charge in [0.1, 0.15) is 11.4 Å². The number of carbonyl (C=O) groups excluding carboxylic acids is 2. The maximum absolute atomic E-state index is 12.5. The van der Waals surface area contributed by atoms with Crippen molar-refractivity contribution in [2.24, 2.45) is 0 Å². The Morgan fingerprint density at radius 2 is 1.79 bits per heavy atom. The number of hydrogen-bond acceptors (Lipinski definition) is 7. The molecule has 0 spiro atoms. The first-order chi connectivity index (χ1) is 16.6. The molecule has 1 aliphatic heterocycles. The first kappa shape index (κ1) is 24.2. The summed E-state index contributed by atoms with van der Waals surface area (Å²) in [6.45, 7) is 6.26. The molecule has 4 rings (SSSR count). The number of benzene rings is 1. The molecule has 1 amide bonds. The Hall–Kier alpha value is -2.91. The highest BCUT2D eigenvalue weighted by Gasteiger charge is 2.24. The summed E-state index contributed by atoms with van der Waals surface area (Å²) in [5.74, 6) is -0.438. The molecule has 3 N–H and O–H groups in total. The largest absolute Gasteiger partial charge is 0.465 e. The third-order valence-electron chi connectivity index (χ3n) is 7.02. The molecule has 0 unspecified atom stereocenters. The van der Waals surface area contributed by atoms with E-state index in [1.165, 1.54) is 63.2 Å². The van der Waals surface area contributed by atoms with Crippen LogP contribution in [0.4, 0.5) is 5.82 Å². The van der Waals surface area contributed by atoms with Crippen LogP contribution in [-0.4, -0.2) is 83.9 Å². The summed E-state index contributed by atoms with van der Waals surface area (Å²) in [6.07, 6.45) is 9.24. The Morgan fingerprint density at radius 3 is 2.47 bits per heavy atom. The van der Waals surface area contributed by atoms with Crippen LogP contribution >= 0.6 is 0 Å². The number of nitrogens with two attached hydrogens (primary N) is 1. The maximum Gasteiger partial charge on any atom is 0.343 e. The van der Waals surface area contributed by atoms with Crippen molar-refractivity contribution in [3.63, 3.8) is 0 Å². The summed E-state index contributed by atoms with van der Waals surface area (Å²) in [4.78, 5) is 29.4. The number of nitrogen functional groups attached to an aromatic ring is 1. The Kier molecular flexibility index (Phi) is 8.18. The van der Waals surface area contributed by atoms with Gasteiger partial charge < -0.3 is 20.7 Å². The van der Waals surface area contributed by atoms with E-state index in [0.717, 1.165) is 32.1 Å². The lowest BCUT2D eigenvalue weighted by Crippen LogP contribution is -2.51. The molecule has 2 aliphatic rings. The smallest absolute Gasteiger partial charge is 0.343 e. The van der Waals surface area contributed by atoms with Gasteiger partial charge >= 0.3 is 5.97 Å². The number of ether oxygens (including phenoxy) is 1. The number of piperazine rings is 1. The van der Waals surface area contributed by atoms with E-state index < -0.39 is 5.97 Å². The minimum absolute atomic E-state index is 0.0997. The zero-order chi connectivity index (χ0) is 23.9. The quantitative estimate of drug-likeness (QED) is 0.452. The Bertz CT molecular complexity index is 960. The summed E-state index contributed by atoms with van der Waals surface area (Å²) in [5, 5.41) is 7.16.